The van der Waals surface area contributed by atoms with Crippen LogP contribution < -0.4 is 4.90 Å². The number of aliphatic hydroxyl groups excluding tert-OH is 1. The molecule has 4 nitrogen and oxygen atoms in total. The Hall–Kier alpha value is -1.65. The molecule has 100 valence electrons. The van der Waals surface area contributed by atoms with Crippen LogP contribution in [0.4, 0.5) is 5.82 Å². The van der Waals surface area contributed by atoms with Gasteiger partial charge >= 0.3 is 0 Å². The molecule has 1 saturated heterocycles. The topological polar surface area (TPSA) is 39.6 Å². The van der Waals surface area contributed by atoms with Gasteiger partial charge in [-0.15, -0.1) is 0 Å². The van der Waals surface area contributed by atoms with Crippen LogP contribution >= 0.6 is 0 Å². The largest absolute Gasteiger partial charge is 0.395 e. The van der Waals surface area contributed by atoms with Crippen LogP contribution in [0.5, 0.6) is 0 Å². The van der Waals surface area contributed by atoms with E-state index in [0.717, 1.165) is 38.5 Å². The highest BCUT2D eigenvalue weighted by atomic mass is 16.3. The molecule has 1 aromatic carbocycles. The van der Waals surface area contributed by atoms with Gasteiger partial charge in [0.2, 0.25) is 0 Å². The minimum atomic E-state index is 0.243. The molecule has 1 aromatic heterocycles. The van der Waals surface area contributed by atoms with E-state index in [9.17, 15) is 0 Å². The Morgan fingerprint density at radius 1 is 1.05 bits per heavy atom. The maximum Gasteiger partial charge on any atom is 0.136 e. The lowest BCUT2D eigenvalue weighted by atomic mass is 10.1. The Morgan fingerprint density at radius 3 is 2.63 bits per heavy atom. The molecule has 3 rings (SSSR count). The third-order valence-corrected chi connectivity index (χ3v) is 3.74. The van der Waals surface area contributed by atoms with Crippen molar-refractivity contribution in [2.24, 2.45) is 0 Å². The van der Waals surface area contributed by atoms with Crippen molar-refractivity contribution >= 4 is 16.6 Å². The maximum absolute atomic E-state index is 8.98. The summed E-state index contributed by atoms with van der Waals surface area (Å²) in [4.78, 5) is 9.20. The molecule has 0 radical (unpaired) electrons. The average molecular weight is 257 g/mol. The Balaban J connectivity index is 1.82. The molecule has 1 aliphatic rings. The van der Waals surface area contributed by atoms with Crippen molar-refractivity contribution in [2.75, 3.05) is 44.2 Å². The number of rotatable bonds is 3. The molecule has 0 unspecified atom stereocenters. The summed E-state index contributed by atoms with van der Waals surface area (Å²) < 4.78 is 0. The second-order valence-corrected chi connectivity index (χ2v) is 4.91. The average Bonchev–Trinajstić information content (AvgIpc) is 2.48. The Morgan fingerprint density at radius 2 is 1.84 bits per heavy atom. The zero-order valence-electron chi connectivity index (χ0n) is 11.0. The van der Waals surface area contributed by atoms with Gasteiger partial charge < -0.3 is 10.0 Å². The van der Waals surface area contributed by atoms with Crippen LogP contribution in [0.2, 0.25) is 0 Å². The Labute approximate surface area is 113 Å². The number of aliphatic hydroxyl groups is 1. The predicted octanol–water partition coefficient (Wildman–Crippen LogP) is 1.35. The molecule has 0 saturated carbocycles. The van der Waals surface area contributed by atoms with Crippen LogP contribution in [0.1, 0.15) is 0 Å². The van der Waals surface area contributed by atoms with Gasteiger partial charge in [-0.1, -0.05) is 24.3 Å². The smallest absolute Gasteiger partial charge is 0.136 e. The van der Waals surface area contributed by atoms with Gasteiger partial charge in [0.05, 0.1) is 6.61 Å². The van der Waals surface area contributed by atoms with Crippen molar-refractivity contribution < 1.29 is 5.11 Å². The van der Waals surface area contributed by atoms with Gasteiger partial charge in [-0.05, 0) is 11.5 Å². The third-order valence-electron chi connectivity index (χ3n) is 3.74. The number of pyridine rings is 1. The first kappa shape index (κ1) is 12.4. The zero-order chi connectivity index (χ0) is 13.1. The first-order valence-electron chi connectivity index (χ1n) is 6.80. The summed E-state index contributed by atoms with van der Waals surface area (Å²) in [5, 5.41) is 11.4. The molecule has 0 atom stereocenters. The van der Waals surface area contributed by atoms with Gasteiger partial charge in [0.1, 0.15) is 5.82 Å². The van der Waals surface area contributed by atoms with E-state index in [1.165, 1.54) is 10.8 Å². The quantitative estimate of drug-likeness (QED) is 0.901. The minimum absolute atomic E-state index is 0.243. The summed E-state index contributed by atoms with van der Waals surface area (Å²) in [7, 11) is 0. The van der Waals surface area contributed by atoms with Crippen molar-refractivity contribution in [3.63, 3.8) is 0 Å². The lowest BCUT2D eigenvalue weighted by Crippen LogP contribution is -2.47. The van der Waals surface area contributed by atoms with E-state index in [0.29, 0.717) is 0 Å². The second kappa shape index (κ2) is 5.55. The molecule has 2 aromatic rings. The first-order chi connectivity index (χ1) is 9.38. The summed E-state index contributed by atoms with van der Waals surface area (Å²) in [6.07, 6.45) is 1.89. The Bertz CT molecular complexity index is 545. The number of anilines is 1. The Kier molecular flexibility index (Phi) is 3.62. The van der Waals surface area contributed by atoms with E-state index in [1.54, 1.807) is 0 Å². The van der Waals surface area contributed by atoms with Crippen LogP contribution in [0.25, 0.3) is 10.8 Å². The summed E-state index contributed by atoms with van der Waals surface area (Å²) in [5.74, 6) is 1.08. The molecule has 0 amide bonds. The van der Waals surface area contributed by atoms with E-state index >= 15 is 0 Å². The van der Waals surface area contributed by atoms with E-state index in [4.69, 9.17) is 5.11 Å². The number of hydrogen-bond acceptors (Lipinski definition) is 4. The summed E-state index contributed by atoms with van der Waals surface area (Å²) in [5.41, 5.74) is 0. The van der Waals surface area contributed by atoms with Crippen molar-refractivity contribution in [1.29, 1.82) is 0 Å². The SMILES string of the molecule is OCCN1CCN(c2nccc3ccccc23)CC1. The standard InChI is InChI=1S/C15H19N3O/c19-12-11-17-7-9-18(10-8-17)15-14-4-2-1-3-13(14)5-6-16-15/h1-6,19H,7-12H2. The van der Waals surface area contributed by atoms with Crippen molar-refractivity contribution in [3.8, 4) is 0 Å². The third kappa shape index (κ3) is 2.55. The minimum Gasteiger partial charge on any atom is -0.395 e. The molecule has 0 spiro atoms. The molecule has 1 N–H and O–H groups in total. The molecular formula is C15H19N3O. The molecular weight excluding hydrogens is 238 g/mol. The highest BCUT2D eigenvalue weighted by Gasteiger charge is 2.18. The molecule has 4 heteroatoms. The van der Waals surface area contributed by atoms with Gasteiger partial charge in [0.25, 0.3) is 0 Å². The fourth-order valence-corrected chi connectivity index (χ4v) is 2.68. The lowest BCUT2D eigenvalue weighted by molar-refractivity contribution is 0.188. The number of hydrogen-bond donors (Lipinski definition) is 1. The fourth-order valence-electron chi connectivity index (χ4n) is 2.68. The van der Waals surface area contributed by atoms with Crippen LogP contribution in [0, 0.1) is 0 Å². The van der Waals surface area contributed by atoms with E-state index in [-0.39, 0.29) is 6.61 Å². The highest BCUT2D eigenvalue weighted by Crippen LogP contribution is 2.24. The van der Waals surface area contributed by atoms with Crippen molar-refractivity contribution in [2.45, 2.75) is 0 Å². The van der Waals surface area contributed by atoms with Gasteiger partial charge in [-0.3, -0.25) is 4.90 Å². The first-order valence-corrected chi connectivity index (χ1v) is 6.80. The predicted molar refractivity (Wildman–Crippen MR) is 77.5 cm³/mol. The van der Waals surface area contributed by atoms with E-state index < -0.39 is 0 Å². The molecule has 19 heavy (non-hydrogen) atoms. The van der Waals surface area contributed by atoms with Gasteiger partial charge in [0, 0.05) is 44.3 Å². The molecule has 2 heterocycles. The number of aromatic nitrogens is 1. The van der Waals surface area contributed by atoms with Crippen LogP contribution in [0.15, 0.2) is 36.5 Å². The molecule has 0 bridgehead atoms. The van der Waals surface area contributed by atoms with Crippen LogP contribution in [-0.4, -0.2) is 54.3 Å². The fraction of sp³-hybridized carbons (Fsp3) is 0.400. The van der Waals surface area contributed by atoms with Gasteiger partial charge in [-0.25, -0.2) is 4.98 Å². The molecule has 1 fully saturated rings. The number of fused-ring (bicyclic) bond motifs is 1. The summed E-state index contributed by atoms with van der Waals surface area (Å²) >= 11 is 0. The number of benzene rings is 1. The maximum atomic E-state index is 8.98. The van der Waals surface area contributed by atoms with Gasteiger partial charge in [0.15, 0.2) is 0 Å². The molecule has 1 aliphatic heterocycles. The zero-order valence-corrected chi connectivity index (χ0v) is 11.0. The van der Waals surface area contributed by atoms with Crippen LogP contribution in [-0.2, 0) is 0 Å². The summed E-state index contributed by atoms with van der Waals surface area (Å²) in [6.45, 7) is 4.95. The number of β-amino-alcohol motifs (C(OH)–C–C–N with tert-alkyl or cyclic N) is 1. The van der Waals surface area contributed by atoms with Crippen molar-refractivity contribution in [3.05, 3.63) is 36.5 Å². The normalized spacial score (nSPS) is 17.0. The van der Waals surface area contributed by atoms with Crippen LogP contribution in [0.3, 0.4) is 0 Å². The van der Waals surface area contributed by atoms with E-state index in [1.807, 2.05) is 6.20 Å². The number of nitrogens with zero attached hydrogens (tertiary/aromatic N) is 3. The van der Waals surface area contributed by atoms with Gasteiger partial charge in [-0.2, -0.15) is 0 Å². The monoisotopic (exact) mass is 257 g/mol. The van der Waals surface area contributed by atoms with E-state index in [2.05, 4.69) is 45.1 Å². The highest BCUT2D eigenvalue weighted by molar-refractivity contribution is 5.92. The van der Waals surface area contributed by atoms with Crippen molar-refractivity contribution in [1.82, 2.24) is 9.88 Å². The number of piperazine rings is 1. The second-order valence-electron chi connectivity index (χ2n) is 4.91. The summed E-state index contributed by atoms with van der Waals surface area (Å²) in [6, 6.07) is 10.4. The molecule has 0 aliphatic carbocycles. The lowest BCUT2D eigenvalue weighted by Gasteiger charge is -2.35.